The Morgan fingerprint density at radius 1 is 0.574 bits per heavy atom. The smallest absolute Gasteiger partial charge is 0.336 e. The molecule has 1 heterocycles. The number of rotatable bonds is 6. The summed E-state index contributed by atoms with van der Waals surface area (Å²) in [5.41, 5.74) is 5.21. The lowest BCUT2D eigenvalue weighted by Crippen LogP contribution is -2.06. The Morgan fingerprint density at radius 2 is 0.979 bits per heavy atom. The van der Waals surface area contributed by atoms with E-state index in [9.17, 15) is 9.59 Å². The maximum atomic E-state index is 12.8. The predicted octanol–water partition coefficient (Wildman–Crippen LogP) is 9.24. The molecule has 0 aromatic heterocycles. The fourth-order valence-electron chi connectivity index (χ4n) is 5.73. The molecule has 0 N–H and O–H groups in total. The SMILES string of the molecule is Cc1ccc(OC(=O)/C=C\c2cc3ccccc3c3c2OCOc2c(/C=C\C(=O)Oc4ccc(C)cc4)cc4ccccc4c2-3)cc1. The lowest BCUT2D eigenvalue weighted by Gasteiger charge is -2.17. The van der Waals surface area contributed by atoms with E-state index in [0.717, 1.165) is 43.8 Å². The van der Waals surface area contributed by atoms with Gasteiger partial charge < -0.3 is 18.9 Å². The third-order valence-corrected chi connectivity index (χ3v) is 7.99. The van der Waals surface area contributed by atoms with Gasteiger partial charge in [0.15, 0.2) is 0 Å². The first-order valence-electron chi connectivity index (χ1n) is 15.2. The van der Waals surface area contributed by atoms with Gasteiger partial charge >= 0.3 is 11.9 Å². The van der Waals surface area contributed by atoms with Gasteiger partial charge in [-0.25, -0.2) is 9.59 Å². The molecule has 0 saturated carbocycles. The predicted molar refractivity (Wildman–Crippen MR) is 185 cm³/mol. The number of esters is 2. The van der Waals surface area contributed by atoms with Crippen molar-refractivity contribution in [2.75, 3.05) is 6.79 Å². The highest BCUT2D eigenvalue weighted by molar-refractivity contribution is 6.12. The van der Waals surface area contributed by atoms with Gasteiger partial charge in [-0.2, -0.15) is 0 Å². The zero-order valence-corrected chi connectivity index (χ0v) is 25.9. The average Bonchev–Trinajstić information content (AvgIpc) is 3.29. The van der Waals surface area contributed by atoms with Crippen molar-refractivity contribution in [2.24, 2.45) is 0 Å². The van der Waals surface area contributed by atoms with Crippen LogP contribution in [0.1, 0.15) is 22.3 Å². The van der Waals surface area contributed by atoms with Gasteiger partial charge in [-0.3, -0.25) is 0 Å². The van der Waals surface area contributed by atoms with Gasteiger partial charge in [-0.15, -0.1) is 0 Å². The number of ether oxygens (including phenoxy) is 4. The molecule has 6 aromatic carbocycles. The minimum Gasteiger partial charge on any atom is -0.456 e. The van der Waals surface area contributed by atoms with Crippen molar-refractivity contribution >= 4 is 45.6 Å². The van der Waals surface area contributed by atoms with Crippen LogP contribution in [-0.2, 0) is 9.59 Å². The molecule has 1 aliphatic rings. The summed E-state index contributed by atoms with van der Waals surface area (Å²) >= 11 is 0. The molecule has 6 heteroatoms. The lowest BCUT2D eigenvalue weighted by atomic mass is 9.88. The molecule has 0 spiro atoms. The number of aryl methyl sites for hydroxylation is 2. The van der Waals surface area contributed by atoms with E-state index in [0.29, 0.717) is 34.1 Å². The van der Waals surface area contributed by atoms with Crippen LogP contribution in [-0.4, -0.2) is 18.7 Å². The van der Waals surface area contributed by atoms with Crippen molar-refractivity contribution in [2.45, 2.75) is 13.8 Å². The van der Waals surface area contributed by atoms with Crippen molar-refractivity contribution in [1.82, 2.24) is 0 Å². The van der Waals surface area contributed by atoms with Crippen LogP contribution in [0.4, 0.5) is 0 Å². The fourth-order valence-corrected chi connectivity index (χ4v) is 5.73. The molecule has 0 aliphatic carbocycles. The van der Waals surface area contributed by atoms with Gasteiger partial charge in [0.05, 0.1) is 0 Å². The van der Waals surface area contributed by atoms with Gasteiger partial charge in [0.25, 0.3) is 0 Å². The summed E-state index contributed by atoms with van der Waals surface area (Å²) in [6.45, 7) is 3.86. The van der Waals surface area contributed by atoms with Crippen molar-refractivity contribution in [3.05, 3.63) is 144 Å². The van der Waals surface area contributed by atoms with E-state index in [-0.39, 0.29) is 6.79 Å². The van der Waals surface area contributed by atoms with E-state index in [1.54, 1.807) is 36.4 Å². The van der Waals surface area contributed by atoms with Gasteiger partial charge in [0.1, 0.15) is 23.0 Å². The van der Waals surface area contributed by atoms with E-state index in [2.05, 4.69) is 0 Å². The summed E-state index contributed by atoms with van der Waals surface area (Å²) in [5.74, 6) is 1.08. The molecule has 0 bridgehead atoms. The van der Waals surface area contributed by atoms with Crippen molar-refractivity contribution < 1.29 is 28.5 Å². The Balaban J connectivity index is 1.33. The third kappa shape index (κ3) is 6.22. The van der Waals surface area contributed by atoms with Crippen LogP contribution >= 0.6 is 0 Å². The normalized spacial score (nSPS) is 12.3. The number of carbonyl (C=O) groups excluding carboxylic acids is 2. The molecule has 230 valence electrons. The molecular formula is C41H30O6. The van der Waals surface area contributed by atoms with Crippen LogP contribution in [0.2, 0.25) is 0 Å². The van der Waals surface area contributed by atoms with Crippen LogP contribution in [0.25, 0.3) is 44.8 Å². The first kappa shape index (κ1) is 29.6. The van der Waals surface area contributed by atoms with Crippen LogP contribution in [0, 0.1) is 13.8 Å². The summed E-state index contributed by atoms with van der Waals surface area (Å²) in [5, 5.41) is 3.83. The van der Waals surface area contributed by atoms with E-state index in [4.69, 9.17) is 18.9 Å². The highest BCUT2D eigenvalue weighted by atomic mass is 16.7. The van der Waals surface area contributed by atoms with E-state index < -0.39 is 11.9 Å². The first-order valence-corrected chi connectivity index (χ1v) is 15.2. The van der Waals surface area contributed by atoms with E-state index in [1.807, 2.05) is 98.8 Å². The topological polar surface area (TPSA) is 71.1 Å². The maximum Gasteiger partial charge on any atom is 0.336 e. The van der Waals surface area contributed by atoms with E-state index >= 15 is 0 Å². The molecule has 6 aromatic rings. The maximum absolute atomic E-state index is 12.8. The molecular weight excluding hydrogens is 588 g/mol. The molecule has 0 radical (unpaired) electrons. The monoisotopic (exact) mass is 618 g/mol. The second kappa shape index (κ2) is 12.7. The molecule has 0 atom stereocenters. The Hall–Kier alpha value is -6.14. The number of fused-ring (bicyclic) bond motifs is 7. The second-order valence-electron chi connectivity index (χ2n) is 11.3. The zero-order valence-electron chi connectivity index (χ0n) is 25.9. The number of carbonyl (C=O) groups is 2. The van der Waals surface area contributed by atoms with Gasteiger partial charge in [0.2, 0.25) is 6.79 Å². The standard InChI is InChI=1S/C41H30O6/c1-26-11-17-32(18-12-26)46-36(42)21-15-30-23-28-7-3-5-9-34(28)38-39-35-10-6-4-8-29(35)24-31(41(39)45-25-44-40(30)38)16-22-37(43)47-33-19-13-27(2)14-20-33/h3-24H,25H2,1-2H3/b21-15-,22-16-. The Labute approximate surface area is 272 Å². The zero-order chi connectivity index (χ0) is 32.3. The Bertz CT molecular complexity index is 2050. The summed E-state index contributed by atoms with van der Waals surface area (Å²) < 4.78 is 23.7. The molecule has 0 amide bonds. The first-order chi connectivity index (χ1) is 22.9. The largest absolute Gasteiger partial charge is 0.456 e. The average molecular weight is 619 g/mol. The molecule has 6 nitrogen and oxygen atoms in total. The van der Waals surface area contributed by atoms with Crippen molar-refractivity contribution in [1.29, 1.82) is 0 Å². The lowest BCUT2D eigenvalue weighted by molar-refractivity contribution is -0.129. The Morgan fingerprint density at radius 3 is 1.40 bits per heavy atom. The summed E-state index contributed by atoms with van der Waals surface area (Å²) in [7, 11) is 0. The molecule has 0 fully saturated rings. The van der Waals surface area contributed by atoms with Gasteiger partial charge in [-0.1, -0.05) is 83.9 Å². The second-order valence-corrected chi connectivity index (χ2v) is 11.3. The minimum atomic E-state index is -0.503. The number of hydrogen-bond acceptors (Lipinski definition) is 6. The molecule has 7 rings (SSSR count). The number of hydrogen-bond donors (Lipinski definition) is 0. The van der Waals surface area contributed by atoms with Gasteiger partial charge in [-0.05, 0) is 83.9 Å². The summed E-state index contributed by atoms with van der Waals surface area (Å²) in [6, 6.07) is 34.6. The molecule has 1 aliphatic heterocycles. The van der Waals surface area contributed by atoms with Crippen LogP contribution < -0.4 is 18.9 Å². The molecule has 0 unspecified atom stereocenters. The van der Waals surface area contributed by atoms with Crippen molar-refractivity contribution in [3.8, 4) is 34.1 Å². The quantitative estimate of drug-likeness (QED) is 0.105. The van der Waals surface area contributed by atoms with E-state index in [1.165, 1.54) is 12.2 Å². The number of benzene rings is 6. The van der Waals surface area contributed by atoms with Crippen molar-refractivity contribution in [3.63, 3.8) is 0 Å². The van der Waals surface area contributed by atoms with Crippen LogP contribution in [0.3, 0.4) is 0 Å². The highest BCUT2D eigenvalue weighted by Gasteiger charge is 2.26. The molecule has 47 heavy (non-hydrogen) atoms. The van der Waals surface area contributed by atoms with Crippen LogP contribution in [0.5, 0.6) is 23.0 Å². The Kier molecular flexibility index (Phi) is 7.99. The molecule has 0 saturated heterocycles. The van der Waals surface area contributed by atoms with Crippen LogP contribution in [0.15, 0.2) is 121 Å². The summed E-state index contributed by atoms with van der Waals surface area (Å²) in [4.78, 5) is 25.7. The highest BCUT2D eigenvalue weighted by Crippen LogP contribution is 2.50. The minimum absolute atomic E-state index is 0.0833. The fraction of sp³-hybridized carbons (Fsp3) is 0.0732. The summed E-state index contributed by atoms with van der Waals surface area (Å²) in [6.07, 6.45) is 6.22. The van der Waals surface area contributed by atoms with Gasteiger partial charge in [0, 0.05) is 34.4 Å². The third-order valence-electron chi connectivity index (χ3n) is 7.99.